The summed E-state index contributed by atoms with van der Waals surface area (Å²) >= 11 is 0. The lowest BCUT2D eigenvalue weighted by atomic mass is 10.1. The molecule has 0 aliphatic heterocycles. The number of hydrogen-bond acceptors (Lipinski definition) is 4. The van der Waals surface area contributed by atoms with Gasteiger partial charge in [-0.3, -0.25) is 9.59 Å². The minimum absolute atomic E-state index is 0.0672. The number of carbonyl (C=O) groups is 2. The molecule has 0 atom stereocenters. The molecule has 0 fully saturated rings. The van der Waals surface area contributed by atoms with Gasteiger partial charge in [0.2, 0.25) is 0 Å². The zero-order valence-electron chi connectivity index (χ0n) is 11.8. The van der Waals surface area contributed by atoms with Crippen LogP contribution in [-0.4, -0.2) is 23.8 Å². The molecule has 0 saturated heterocycles. The minimum atomic E-state index is -0.469. The lowest BCUT2D eigenvalue weighted by Gasteiger charge is -2.09. The third-order valence-corrected chi connectivity index (χ3v) is 3.06. The van der Waals surface area contributed by atoms with E-state index in [1.807, 2.05) is 6.07 Å². The first-order valence-corrected chi connectivity index (χ1v) is 6.44. The van der Waals surface area contributed by atoms with Crippen LogP contribution in [0.25, 0.3) is 0 Å². The summed E-state index contributed by atoms with van der Waals surface area (Å²) in [7, 11) is 1.78. The largest absolute Gasteiger partial charge is 0.507 e. The number of phenolic OH excluding ortho intramolecular Hbond substituents is 1. The SMILES string of the molecule is CNc1cccc(NC(=O)c2cc(C(C)=O)ccc2O)c1. The zero-order valence-corrected chi connectivity index (χ0v) is 11.8. The highest BCUT2D eigenvalue weighted by molar-refractivity contribution is 6.08. The molecule has 0 bridgehead atoms. The van der Waals surface area contributed by atoms with E-state index >= 15 is 0 Å². The second kappa shape index (κ2) is 6.09. The van der Waals surface area contributed by atoms with Gasteiger partial charge >= 0.3 is 0 Å². The number of hydrogen-bond donors (Lipinski definition) is 3. The number of anilines is 2. The maximum atomic E-state index is 12.2. The van der Waals surface area contributed by atoms with Crippen LogP contribution in [0.2, 0.25) is 0 Å². The summed E-state index contributed by atoms with van der Waals surface area (Å²) in [5, 5.41) is 15.4. The standard InChI is InChI=1S/C16H16N2O3/c1-10(19)11-6-7-15(20)14(8-11)16(21)18-13-5-3-4-12(9-13)17-2/h3-9,17,20H,1-2H3,(H,18,21). The number of amides is 1. The number of benzene rings is 2. The summed E-state index contributed by atoms with van der Waals surface area (Å²) in [6.07, 6.45) is 0. The summed E-state index contributed by atoms with van der Waals surface area (Å²) in [6.45, 7) is 1.41. The van der Waals surface area contributed by atoms with Gasteiger partial charge in [0.05, 0.1) is 5.56 Å². The summed E-state index contributed by atoms with van der Waals surface area (Å²) < 4.78 is 0. The van der Waals surface area contributed by atoms with Gasteiger partial charge in [-0.05, 0) is 43.3 Å². The van der Waals surface area contributed by atoms with Crippen LogP contribution in [0.4, 0.5) is 11.4 Å². The third-order valence-electron chi connectivity index (χ3n) is 3.06. The summed E-state index contributed by atoms with van der Waals surface area (Å²) in [4.78, 5) is 23.6. The molecule has 5 nitrogen and oxygen atoms in total. The van der Waals surface area contributed by atoms with Crippen molar-refractivity contribution < 1.29 is 14.7 Å². The van der Waals surface area contributed by atoms with Crippen molar-refractivity contribution in [3.63, 3.8) is 0 Å². The molecule has 0 heterocycles. The summed E-state index contributed by atoms with van der Waals surface area (Å²) in [5.41, 5.74) is 1.90. The maximum Gasteiger partial charge on any atom is 0.259 e. The van der Waals surface area contributed by atoms with Crippen molar-refractivity contribution in [2.75, 3.05) is 17.7 Å². The third kappa shape index (κ3) is 3.39. The van der Waals surface area contributed by atoms with E-state index in [-0.39, 0.29) is 17.1 Å². The van der Waals surface area contributed by atoms with E-state index in [0.717, 1.165) is 5.69 Å². The molecule has 3 N–H and O–H groups in total. The molecule has 0 aliphatic carbocycles. The van der Waals surface area contributed by atoms with Gasteiger partial charge in [0.1, 0.15) is 5.75 Å². The smallest absolute Gasteiger partial charge is 0.259 e. The van der Waals surface area contributed by atoms with Crippen molar-refractivity contribution in [3.8, 4) is 5.75 Å². The Hall–Kier alpha value is -2.82. The molecule has 0 saturated carbocycles. The summed E-state index contributed by atoms with van der Waals surface area (Å²) in [6, 6.07) is 11.4. The van der Waals surface area contributed by atoms with Gasteiger partial charge in [-0.15, -0.1) is 0 Å². The second-order valence-corrected chi connectivity index (χ2v) is 4.57. The van der Waals surface area contributed by atoms with Gasteiger partial charge < -0.3 is 15.7 Å². The van der Waals surface area contributed by atoms with Crippen molar-refractivity contribution in [2.45, 2.75) is 6.92 Å². The molecule has 0 aromatic heterocycles. The highest BCUT2D eigenvalue weighted by Gasteiger charge is 2.13. The quantitative estimate of drug-likeness (QED) is 0.754. The Morgan fingerprint density at radius 2 is 1.76 bits per heavy atom. The highest BCUT2D eigenvalue weighted by atomic mass is 16.3. The molecular weight excluding hydrogens is 268 g/mol. The Labute approximate surface area is 122 Å². The van der Waals surface area contributed by atoms with Gasteiger partial charge in [-0.25, -0.2) is 0 Å². The van der Waals surface area contributed by atoms with E-state index in [0.29, 0.717) is 11.3 Å². The topological polar surface area (TPSA) is 78.4 Å². The molecule has 0 unspecified atom stereocenters. The second-order valence-electron chi connectivity index (χ2n) is 4.57. The van der Waals surface area contributed by atoms with Crippen LogP contribution in [-0.2, 0) is 0 Å². The first-order valence-electron chi connectivity index (χ1n) is 6.44. The van der Waals surface area contributed by atoms with Crippen LogP contribution in [0.1, 0.15) is 27.6 Å². The van der Waals surface area contributed by atoms with Crippen LogP contribution in [0.5, 0.6) is 5.75 Å². The van der Waals surface area contributed by atoms with Crippen LogP contribution < -0.4 is 10.6 Å². The molecule has 108 valence electrons. The Balaban J connectivity index is 2.27. The molecular formula is C16H16N2O3. The van der Waals surface area contributed by atoms with E-state index in [9.17, 15) is 14.7 Å². The molecule has 2 rings (SSSR count). The first kappa shape index (κ1) is 14.6. The molecule has 2 aromatic rings. The lowest BCUT2D eigenvalue weighted by Crippen LogP contribution is -2.13. The Bertz CT molecular complexity index is 696. The fourth-order valence-corrected chi connectivity index (χ4v) is 1.89. The van der Waals surface area contributed by atoms with Crippen LogP contribution in [0.3, 0.4) is 0 Å². The molecule has 1 amide bonds. The monoisotopic (exact) mass is 284 g/mol. The van der Waals surface area contributed by atoms with E-state index in [1.165, 1.54) is 25.1 Å². The number of aromatic hydroxyl groups is 1. The van der Waals surface area contributed by atoms with Crippen molar-refractivity contribution >= 4 is 23.1 Å². The zero-order chi connectivity index (χ0) is 15.4. The number of carbonyl (C=O) groups excluding carboxylic acids is 2. The average Bonchev–Trinajstić information content (AvgIpc) is 2.47. The molecule has 5 heteroatoms. The van der Waals surface area contributed by atoms with Crippen molar-refractivity contribution in [3.05, 3.63) is 53.6 Å². The molecule has 2 aromatic carbocycles. The van der Waals surface area contributed by atoms with Gasteiger partial charge in [0, 0.05) is 24.0 Å². The molecule has 0 radical (unpaired) electrons. The minimum Gasteiger partial charge on any atom is -0.507 e. The molecule has 0 aliphatic rings. The molecule has 21 heavy (non-hydrogen) atoms. The van der Waals surface area contributed by atoms with Gasteiger partial charge in [-0.1, -0.05) is 6.07 Å². The first-order chi connectivity index (χ1) is 10.0. The lowest BCUT2D eigenvalue weighted by molar-refractivity contribution is 0.101. The van der Waals surface area contributed by atoms with E-state index in [1.54, 1.807) is 25.2 Å². The van der Waals surface area contributed by atoms with Crippen LogP contribution >= 0.6 is 0 Å². The van der Waals surface area contributed by atoms with Crippen molar-refractivity contribution in [1.29, 1.82) is 0 Å². The number of Topliss-reactive ketones (excluding diaryl/α,β-unsaturated/α-hetero) is 1. The molecule has 0 spiro atoms. The fraction of sp³-hybridized carbons (Fsp3) is 0.125. The average molecular weight is 284 g/mol. The normalized spacial score (nSPS) is 10.0. The van der Waals surface area contributed by atoms with Gasteiger partial charge in [0.25, 0.3) is 5.91 Å². The number of nitrogens with one attached hydrogen (secondary N) is 2. The van der Waals surface area contributed by atoms with Crippen LogP contribution in [0.15, 0.2) is 42.5 Å². The predicted octanol–water partition coefficient (Wildman–Crippen LogP) is 2.89. The van der Waals surface area contributed by atoms with E-state index < -0.39 is 5.91 Å². The Morgan fingerprint density at radius 1 is 1.05 bits per heavy atom. The number of rotatable bonds is 4. The van der Waals surface area contributed by atoms with Crippen molar-refractivity contribution in [1.82, 2.24) is 0 Å². The van der Waals surface area contributed by atoms with Crippen molar-refractivity contribution in [2.24, 2.45) is 0 Å². The fourth-order valence-electron chi connectivity index (χ4n) is 1.89. The van der Waals surface area contributed by atoms with Crippen LogP contribution in [0, 0.1) is 0 Å². The van der Waals surface area contributed by atoms with Gasteiger partial charge in [-0.2, -0.15) is 0 Å². The summed E-state index contributed by atoms with van der Waals surface area (Å²) in [5.74, 6) is -0.799. The Kier molecular flexibility index (Phi) is 4.23. The maximum absolute atomic E-state index is 12.2. The number of phenols is 1. The predicted molar refractivity (Wildman–Crippen MR) is 82.1 cm³/mol. The van der Waals surface area contributed by atoms with Gasteiger partial charge in [0.15, 0.2) is 5.78 Å². The number of ketones is 1. The van der Waals surface area contributed by atoms with E-state index in [2.05, 4.69) is 10.6 Å². The Morgan fingerprint density at radius 3 is 2.43 bits per heavy atom. The highest BCUT2D eigenvalue weighted by Crippen LogP contribution is 2.21. The van der Waals surface area contributed by atoms with E-state index in [4.69, 9.17) is 0 Å².